The number of carbonyl (C=O) groups is 1. The number of benzene rings is 3. The molecule has 0 aromatic heterocycles. The summed E-state index contributed by atoms with van der Waals surface area (Å²) in [6.45, 7) is 2.89. The summed E-state index contributed by atoms with van der Waals surface area (Å²) in [5, 5.41) is 3.10. The topological polar surface area (TPSA) is 44.8 Å². The first-order valence-corrected chi connectivity index (χ1v) is 11.4. The van der Waals surface area contributed by atoms with Gasteiger partial charge < -0.3 is 19.9 Å². The van der Waals surface area contributed by atoms with E-state index in [4.69, 9.17) is 4.74 Å². The standard InChI is InChI=1S/C27H28FN3O2/c1-33-23-12-9-20-15-24(27(32)29-17-19-7-10-21(28)11-8-19)26-18-30(22-5-3-2-4-6-22)13-14-31(26)25(20)16-23/h2-12,16,24,26H,13-15,17-18H2,1H3,(H,29,32)/t24-,26-/m1/s1. The molecule has 3 aromatic carbocycles. The molecule has 1 N–H and O–H groups in total. The van der Waals surface area contributed by atoms with E-state index in [1.807, 2.05) is 12.1 Å². The molecular formula is C27H28FN3O2. The van der Waals surface area contributed by atoms with Crippen LogP contribution in [0.4, 0.5) is 15.8 Å². The number of amides is 1. The number of nitrogens with one attached hydrogen (secondary N) is 1. The molecule has 2 heterocycles. The lowest BCUT2D eigenvalue weighted by atomic mass is 9.83. The molecule has 5 nitrogen and oxygen atoms in total. The minimum Gasteiger partial charge on any atom is -0.497 e. The Balaban J connectivity index is 1.41. The van der Waals surface area contributed by atoms with Gasteiger partial charge in [0.25, 0.3) is 0 Å². The van der Waals surface area contributed by atoms with Crippen molar-refractivity contribution in [2.45, 2.75) is 19.0 Å². The molecule has 0 aliphatic carbocycles. The van der Waals surface area contributed by atoms with Gasteiger partial charge in [-0.3, -0.25) is 4.79 Å². The number of nitrogens with zero attached hydrogens (tertiary/aromatic N) is 2. The number of fused-ring (bicyclic) bond motifs is 3. The summed E-state index contributed by atoms with van der Waals surface area (Å²) in [6, 6.07) is 22.8. The number of ether oxygens (including phenoxy) is 1. The van der Waals surface area contributed by atoms with Crippen molar-refractivity contribution in [3.8, 4) is 5.75 Å². The molecular weight excluding hydrogens is 417 g/mol. The first kappa shape index (κ1) is 21.3. The van der Waals surface area contributed by atoms with Gasteiger partial charge in [0, 0.05) is 43.6 Å². The van der Waals surface area contributed by atoms with Crippen molar-refractivity contribution >= 4 is 17.3 Å². The number of rotatable bonds is 5. The second-order valence-corrected chi connectivity index (χ2v) is 8.69. The Morgan fingerprint density at radius 2 is 1.85 bits per heavy atom. The molecule has 1 amide bonds. The van der Waals surface area contributed by atoms with Crippen molar-refractivity contribution in [2.24, 2.45) is 5.92 Å². The summed E-state index contributed by atoms with van der Waals surface area (Å²) in [4.78, 5) is 18.2. The fourth-order valence-electron chi connectivity index (χ4n) is 5.00. The number of hydrogen-bond donors (Lipinski definition) is 1. The molecule has 170 valence electrons. The van der Waals surface area contributed by atoms with E-state index < -0.39 is 0 Å². The molecule has 33 heavy (non-hydrogen) atoms. The third-order valence-corrected chi connectivity index (χ3v) is 6.76. The van der Waals surface area contributed by atoms with Gasteiger partial charge in [-0.15, -0.1) is 0 Å². The Bertz CT molecular complexity index is 1120. The number of methoxy groups -OCH3 is 1. The summed E-state index contributed by atoms with van der Waals surface area (Å²) in [7, 11) is 1.68. The molecule has 2 aliphatic heterocycles. The number of anilines is 2. The first-order valence-electron chi connectivity index (χ1n) is 11.4. The fraction of sp³-hybridized carbons (Fsp3) is 0.296. The van der Waals surface area contributed by atoms with Crippen molar-refractivity contribution in [3.05, 3.63) is 89.7 Å². The van der Waals surface area contributed by atoms with Crippen LogP contribution in [0, 0.1) is 11.7 Å². The van der Waals surface area contributed by atoms with Gasteiger partial charge in [0.05, 0.1) is 19.1 Å². The van der Waals surface area contributed by atoms with Gasteiger partial charge in [0.2, 0.25) is 5.91 Å². The van der Waals surface area contributed by atoms with E-state index in [2.05, 4.69) is 51.5 Å². The average molecular weight is 446 g/mol. The third kappa shape index (κ3) is 4.38. The van der Waals surface area contributed by atoms with Crippen LogP contribution in [-0.2, 0) is 17.8 Å². The van der Waals surface area contributed by atoms with Crippen LogP contribution in [0.25, 0.3) is 0 Å². The minimum absolute atomic E-state index is 0.0331. The first-order chi connectivity index (χ1) is 16.1. The quantitative estimate of drug-likeness (QED) is 0.645. The van der Waals surface area contributed by atoms with Gasteiger partial charge in [-0.25, -0.2) is 4.39 Å². The normalized spacial score (nSPS) is 19.5. The van der Waals surface area contributed by atoms with Crippen LogP contribution in [-0.4, -0.2) is 38.7 Å². The molecule has 0 unspecified atom stereocenters. The van der Waals surface area contributed by atoms with Crippen LogP contribution in [0.3, 0.4) is 0 Å². The fourth-order valence-corrected chi connectivity index (χ4v) is 5.00. The molecule has 6 heteroatoms. The second kappa shape index (κ2) is 9.14. The Morgan fingerprint density at radius 3 is 2.61 bits per heavy atom. The summed E-state index contributed by atoms with van der Waals surface area (Å²) in [6.07, 6.45) is 0.679. The van der Waals surface area contributed by atoms with E-state index in [0.29, 0.717) is 13.0 Å². The van der Waals surface area contributed by atoms with E-state index in [1.165, 1.54) is 23.4 Å². The molecule has 0 saturated carbocycles. The van der Waals surface area contributed by atoms with Gasteiger partial charge in [-0.1, -0.05) is 36.4 Å². The molecule has 1 fully saturated rings. The largest absolute Gasteiger partial charge is 0.497 e. The molecule has 1 saturated heterocycles. The summed E-state index contributed by atoms with van der Waals surface area (Å²) < 4.78 is 18.7. The number of carbonyl (C=O) groups excluding carboxylic acids is 1. The van der Waals surface area contributed by atoms with Gasteiger partial charge >= 0.3 is 0 Å². The Labute approximate surface area is 193 Å². The van der Waals surface area contributed by atoms with E-state index in [0.717, 1.165) is 36.6 Å². The summed E-state index contributed by atoms with van der Waals surface area (Å²) in [5.74, 6) is 0.406. The third-order valence-electron chi connectivity index (χ3n) is 6.76. The second-order valence-electron chi connectivity index (χ2n) is 8.69. The predicted molar refractivity (Wildman–Crippen MR) is 128 cm³/mol. The van der Waals surface area contributed by atoms with Crippen LogP contribution in [0.1, 0.15) is 11.1 Å². The zero-order valence-electron chi connectivity index (χ0n) is 18.7. The molecule has 0 radical (unpaired) electrons. The van der Waals surface area contributed by atoms with Gasteiger partial charge in [0.15, 0.2) is 0 Å². The zero-order chi connectivity index (χ0) is 22.8. The number of hydrogen-bond acceptors (Lipinski definition) is 4. The highest BCUT2D eigenvalue weighted by Gasteiger charge is 2.41. The van der Waals surface area contributed by atoms with Crippen molar-refractivity contribution in [1.82, 2.24) is 5.32 Å². The highest BCUT2D eigenvalue weighted by molar-refractivity contribution is 5.82. The zero-order valence-corrected chi connectivity index (χ0v) is 18.7. The molecule has 2 aliphatic rings. The van der Waals surface area contributed by atoms with Crippen LogP contribution >= 0.6 is 0 Å². The minimum atomic E-state index is -0.275. The van der Waals surface area contributed by atoms with Crippen molar-refractivity contribution in [2.75, 3.05) is 36.5 Å². The molecule has 5 rings (SSSR count). The van der Waals surface area contributed by atoms with Gasteiger partial charge in [-0.05, 0) is 47.9 Å². The average Bonchev–Trinajstić information content (AvgIpc) is 2.87. The van der Waals surface area contributed by atoms with E-state index >= 15 is 0 Å². The monoisotopic (exact) mass is 445 g/mol. The van der Waals surface area contributed by atoms with Crippen LogP contribution in [0.15, 0.2) is 72.8 Å². The maximum Gasteiger partial charge on any atom is 0.225 e. The number of piperazine rings is 1. The van der Waals surface area contributed by atoms with E-state index in [9.17, 15) is 9.18 Å². The highest BCUT2D eigenvalue weighted by Crippen LogP contribution is 2.39. The predicted octanol–water partition coefficient (Wildman–Crippen LogP) is 4.02. The van der Waals surface area contributed by atoms with Crippen LogP contribution in [0.5, 0.6) is 5.75 Å². The number of para-hydroxylation sites is 1. The lowest BCUT2D eigenvalue weighted by Crippen LogP contribution is -2.61. The summed E-state index contributed by atoms with van der Waals surface area (Å²) >= 11 is 0. The lowest BCUT2D eigenvalue weighted by Gasteiger charge is -2.49. The Kier molecular flexibility index (Phi) is 5.90. The highest BCUT2D eigenvalue weighted by atomic mass is 19.1. The summed E-state index contributed by atoms with van der Waals surface area (Å²) in [5.41, 5.74) is 4.40. The van der Waals surface area contributed by atoms with Crippen LogP contribution in [0.2, 0.25) is 0 Å². The van der Waals surface area contributed by atoms with Gasteiger partial charge in [-0.2, -0.15) is 0 Å². The van der Waals surface area contributed by atoms with Crippen LogP contribution < -0.4 is 19.9 Å². The molecule has 2 atom stereocenters. The Hall–Kier alpha value is -3.54. The lowest BCUT2D eigenvalue weighted by molar-refractivity contribution is -0.126. The van der Waals surface area contributed by atoms with Crippen molar-refractivity contribution in [3.63, 3.8) is 0 Å². The van der Waals surface area contributed by atoms with E-state index in [1.54, 1.807) is 19.2 Å². The SMILES string of the molecule is COc1ccc2c(c1)N1CCN(c3ccccc3)C[C@@H]1[C@H](C(=O)NCc1ccc(F)cc1)C2. The van der Waals surface area contributed by atoms with Crippen molar-refractivity contribution in [1.29, 1.82) is 0 Å². The maximum atomic E-state index is 13.4. The molecule has 0 spiro atoms. The van der Waals surface area contributed by atoms with Gasteiger partial charge in [0.1, 0.15) is 11.6 Å². The number of halogens is 1. The maximum absolute atomic E-state index is 13.4. The van der Waals surface area contributed by atoms with E-state index in [-0.39, 0.29) is 23.7 Å². The smallest absolute Gasteiger partial charge is 0.225 e. The Morgan fingerprint density at radius 1 is 1.06 bits per heavy atom. The molecule has 3 aromatic rings. The molecule has 0 bridgehead atoms. The van der Waals surface area contributed by atoms with Crippen molar-refractivity contribution < 1.29 is 13.9 Å².